The monoisotopic (exact) mass is 310 g/mol. The predicted octanol–water partition coefficient (Wildman–Crippen LogP) is 1.57. The molecule has 2 amide bonds. The molecule has 1 unspecified atom stereocenters. The fourth-order valence-corrected chi connectivity index (χ4v) is 2.41. The van der Waals surface area contributed by atoms with Crippen molar-refractivity contribution in [3.8, 4) is 6.07 Å². The molecule has 21 heavy (non-hydrogen) atoms. The van der Waals surface area contributed by atoms with Gasteiger partial charge >= 0.3 is 12.0 Å². The second-order valence-electron chi connectivity index (χ2n) is 4.48. The van der Waals surface area contributed by atoms with Crippen LogP contribution in [0.25, 0.3) is 0 Å². The topological polar surface area (TPSA) is 106 Å². The Labute approximate surface area is 127 Å². The first-order chi connectivity index (χ1) is 9.97. The lowest BCUT2D eigenvalue weighted by Gasteiger charge is -2.22. The quantitative estimate of drug-likeness (QED) is 0.795. The lowest BCUT2D eigenvalue weighted by Crippen LogP contribution is -2.42. The molecule has 1 heterocycles. The summed E-state index contributed by atoms with van der Waals surface area (Å²) in [5, 5.41) is 22.4. The van der Waals surface area contributed by atoms with Crippen molar-refractivity contribution in [2.24, 2.45) is 5.92 Å². The van der Waals surface area contributed by atoms with E-state index in [1.807, 2.05) is 6.92 Å². The number of hydrogen-bond donors (Lipinski definition) is 2. The average Bonchev–Trinajstić information content (AvgIpc) is 2.93. The van der Waals surface area contributed by atoms with Crippen LogP contribution in [-0.2, 0) is 6.42 Å². The van der Waals surface area contributed by atoms with Gasteiger partial charge in [-0.2, -0.15) is 5.26 Å². The predicted molar refractivity (Wildman–Crippen MR) is 78.2 cm³/mol. The zero-order valence-corrected chi connectivity index (χ0v) is 12.8. The number of hydrogen-bond acceptors (Lipinski definition) is 5. The number of amides is 2. The Bertz CT molecular complexity index is 538. The lowest BCUT2D eigenvalue weighted by atomic mass is 10.2. The van der Waals surface area contributed by atoms with Gasteiger partial charge in [0.05, 0.1) is 17.0 Å². The molecule has 1 rings (SSSR count). The van der Waals surface area contributed by atoms with E-state index < -0.39 is 5.97 Å². The second-order valence-corrected chi connectivity index (χ2v) is 5.43. The van der Waals surface area contributed by atoms with E-state index in [0.29, 0.717) is 31.1 Å². The molecule has 0 spiro atoms. The van der Waals surface area contributed by atoms with Gasteiger partial charge in [-0.1, -0.05) is 0 Å². The smallest absolute Gasteiger partial charge is 0.355 e. The maximum atomic E-state index is 11.9. The molecule has 0 saturated carbocycles. The number of aromatic carboxylic acids is 1. The maximum Gasteiger partial charge on any atom is 0.355 e. The molecule has 0 saturated heterocycles. The van der Waals surface area contributed by atoms with E-state index in [4.69, 9.17) is 10.4 Å². The number of urea groups is 1. The number of carboxylic acid groups (broad SMARTS) is 1. The molecule has 1 aromatic heterocycles. The van der Waals surface area contributed by atoms with E-state index >= 15 is 0 Å². The second kappa shape index (κ2) is 8.21. The summed E-state index contributed by atoms with van der Waals surface area (Å²) in [7, 11) is 0. The largest absolute Gasteiger partial charge is 0.476 e. The first kappa shape index (κ1) is 16.9. The van der Waals surface area contributed by atoms with E-state index in [0.717, 1.165) is 0 Å². The molecule has 1 atom stereocenters. The number of carbonyl (C=O) groups excluding carboxylic acids is 1. The summed E-state index contributed by atoms with van der Waals surface area (Å²) in [4.78, 5) is 28.1. The highest BCUT2D eigenvalue weighted by molar-refractivity contribution is 7.09. The molecule has 1 aromatic rings. The number of thiazole rings is 1. The molecule has 0 aliphatic heterocycles. The van der Waals surface area contributed by atoms with Crippen molar-refractivity contribution in [2.75, 3.05) is 19.6 Å². The van der Waals surface area contributed by atoms with Crippen molar-refractivity contribution in [3.05, 3.63) is 16.1 Å². The van der Waals surface area contributed by atoms with Gasteiger partial charge in [-0.3, -0.25) is 0 Å². The fourth-order valence-electron chi connectivity index (χ4n) is 1.64. The third-order valence-corrected chi connectivity index (χ3v) is 3.68. The summed E-state index contributed by atoms with van der Waals surface area (Å²) in [5.74, 6) is -1.27. The van der Waals surface area contributed by atoms with Crippen molar-refractivity contribution in [3.63, 3.8) is 0 Å². The Kier molecular flexibility index (Phi) is 6.62. The molecule has 2 N–H and O–H groups in total. The summed E-state index contributed by atoms with van der Waals surface area (Å²) in [5.41, 5.74) is 0.0272. The van der Waals surface area contributed by atoms with Crippen LogP contribution in [0.5, 0.6) is 0 Å². The minimum Gasteiger partial charge on any atom is -0.476 e. The Morgan fingerprint density at radius 2 is 2.33 bits per heavy atom. The highest BCUT2D eigenvalue weighted by Gasteiger charge is 2.14. The number of nitriles is 1. The zero-order valence-electron chi connectivity index (χ0n) is 12.0. The highest BCUT2D eigenvalue weighted by atomic mass is 32.1. The first-order valence-electron chi connectivity index (χ1n) is 6.58. The molecule has 0 aromatic carbocycles. The van der Waals surface area contributed by atoms with E-state index in [1.54, 1.807) is 11.8 Å². The van der Waals surface area contributed by atoms with Gasteiger partial charge in [0.1, 0.15) is 0 Å². The van der Waals surface area contributed by atoms with E-state index in [9.17, 15) is 9.59 Å². The van der Waals surface area contributed by atoms with Gasteiger partial charge in [-0.25, -0.2) is 14.6 Å². The van der Waals surface area contributed by atoms with Crippen LogP contribution in [0.1, 0.15) is 29.3 Å². The summed E-state index contributed by atoms with van der Waals surface area (Å²) in [6, 6.07) is 1.87. The molecule has 0 aliphatic carbocycles. The van der Waals surface area contributed by atoms with E-state index in [1.165, 1.54) is 16.7 Å². The number of carbonyl (C=O) groups is 2. The average molecular weight is 310 g/mol. The maximum absolute atomic E-state index is 11.9. The van der Waals surface area contributed by atoms with Crippen LogP contribution in [0.4, 0.5) is 4.79 Å². The number of nitrogens with zero attached hydrogens (tertiary/aromatic N) is 3. The van der Waals surface area contributed by atoms with Crippen LogP contribution in [0.3, 0.4) is 0 Å². The molecule has 0 fully saturated rings. The van der Waals surface area contributed by atoms with Crippen LogP contribution in [-0.4, -0.2) is 46.6 Å². The van der Waals surface area contributed by atoms with Gasteiger partial charge in [0.2, 0.25) is 0 Å². The first-order valence-corrected chi connectivity index (χ1v) is 7.46. The van der Waals surface area contributed by atoms with Crippen molar-refractivity contribution in [2.45, 2.75) is 20.3 Å². The molecular weight excluding hydrogens is 292 g/mol. The summed E-state index contributed by atoms with van der Waals surface area (Å²) < 4.78 is 0. The van der Waals surface area contributed by atoms with Crippen LogP contribution in [0.2, 0.25) is 0 Å². The Balaban J connectivity index is 2.41. The van der Waals surface area contributed by atoms with Crippen molar-refractivity contribution in [1.82, 2.24) is 15.2 Å². The Morgan fingerprint density at radius 3 is 2.86 bits per heavy atom. The molecular formula is C13H18N4O3S. The van der Waals surface area contributed by atoms with Crippen LogP contribution < -0.4 is 5.32 Å². The standard InChI is InChI=1S/C13H18N4O3S/c1-3-17(7-9(2)6-14)13(20)15-5-4-11-16-10(8-21-11)12(18)19/h8-9H,3-5,7H2,1-2H3,(H,15,20)(H,18,19). The fraction of sp³-hybridized carbons (Fsp3) is 0.538. The zero-order chi connectivity index (χ0) is 15.8. The number of aromatic nitrogens is 1. The van der Waals surface area contributed by atoms with Gasteiger partial charge in [-0.05, 0) is 13.8 Å². The van der Waals surface area contributed by atoms with Crippen LogP contribution >= 0.6 is 11.3 Å². The molecule has 7 nitrogen and oxygen atoms in total. The van der Waals surface area contributed by atoms with Crippen molar-refractivity contribution >= 4 is 23.3 Å². The number of nitrogens with one attached hydrogen (secondary N) is 1. The molecule has 114 valence electrons. The minimum atomic E-state index is -1.05. The summed E-state index contributed by atoms with van der Waals surface area (Å²) in [6.07, 6.45) is 0.481. The third kappa shape index (κ3) is 5.39. The van der Waals surface area contributed by atoms with Crippen LogP contribution in [0.15, 0.2) is 5.38 Å². The summed E-state index contributed by atoms with van der Waals surface area (Å²) in [6.45, 7) is 4.91. The van der Waals surface area contributed by atoms with Gasteiger partial charge in [-0.15, -0.1) is 11.3 Å². The van der Waals surface area contributed by atoms with Crippen molar-refractivity contribution < 1.29 is 14.7 Å². The minimum absolute atomic E-state index is 0.0272. The van der Waals surface area contributed by atoms with Gasteiger partial charge in [0, 0.05) is 31.4 Å². The third-order valence-electron chi connectivity index (χ3n) is 2.77. The van der Waals surface area contributed by atoms with E-state index in [-0.39, 0.29) is 17.6 Å². The number of rotatable bonds is 7. The molecule has 0 radical (unpaired) electrons. The molecule has 8 heteroatoms. The summed E-state index contributed by atoms with van der Waals surface area (Å²) >= 11 is 1.26. The SMILES string of the molecule is CCN(CC(C)C#N)C(=O)NCCc1nc(C(=O)O)cs1. The van der Waals surface area contributed by atoms with Crippen LogP contribution in [0, 0.1) is 17.2 Å². The van der Waals surface area contributed by atoms with Crippen molar-refractivity contribution in [1.29, 1.82) is 5.26 Å². The van der Waals surface area contributed by atoms with E-state index in [2.05, 4.69) is 16.4 Å². The van der Waals surface area contributed by atoms with Gasteiger partial charge in [0.15, 0.2) is 5.69 Å². The highest BCUT2D eigenvalue weighted by Crippen LogP contribution is 2.10. The Hall–Kier alpha value is -2.14. The normalized spacial score (nSPS) is 11.5. The van der Waals surface area contributed by atoms with Gasteiger partial charge < -0.3 is 15.3 Å². The Morgan fingerprint density at radius 1 is 1.62 bits per heavy atom. The molecule has 0 aliphatic rings. The number of carboxylic acids is 1. The lowest BCUT2D eigenvalue weighted by molar-refractivity contribution is 0.0691. The molecule has 0 bridgehead atoms. The van der Waals surface area contributed by atoms with Gasteiger partial charge in [0.25, 0.3) is 0 Å².